The van der Waals surface area contributed by atoms with Crippen molar-refractivity contribution in [3.63, 3.8) is 0 Å². The maximum Gasteiger partial charge on any atom is 0.338 e. The fourth-order valence-electron chi connectivity index (χ4n) is 1.98. The Hall–Kier alpha value is -2.66. The number of nitrogens with one attached hydrogen (secondary N) is 1. The lowest BCUT2D eigenvalue weighted by atomic mass is 10.1. The maximum atomic E-state index is 12.1. The Morgan fingerprint density at radius 1 is 1.13 bits per heavy atom. The van der Waals surface area contributed by atoms with Gasteiger partial charge in [0.2, 0.25) is 0 Å². The van der Waals surface area contributed by atoms with E-state index in [4.69, 9.17) is 9.84 Å². The van der Waals surface area contributed by atoms with E-state index in [1.54, 1.807) is 30.3 Å². The van der Waals surface area contributed by atoms with Gasteiger partial charge in [0.15, 0.2) is 6.10 Å². The van der Waals surface area contributed by atoms with E-state index < -0.39 is 12.1 Å². The van der Waals surface area contributed by atoms with Gasteiger partial charge in [-0.3, -0.25) is 4.79 Å². The number of aryl methyl sites for hydroxylation is 1. The Labute approximate surface area is 134 Å². The lowest BCUT2D eigenvalue weighted by Gasteiger charge is -2.14. The van der Waals surface area contributed by atoms with Crippen LogP contribution in [0.1, 0.15) is 28.4 Å². The van der Waals surface area contributed by atoms with Crippen LogP contribution in [0, 0.1) is 6.92 Å². The average molecular weight is 313 g/mol. The molecule has 0 saturated heterocycles. The lowest BCUT2D eigenvalue weighted by molar-refractivity contribution is -0.123. The monoisotopic (exact) mass is 313 g/mol. The molecule has 120 valence electrons. The van der Waals surface area contributed by atoms with Crippen molar-refractivity contribution in [2.45, 2.75) is 26.6 Å². The molecule has 1 unspecified atom stereocenters. The van der Waals surface area contributed by atoms with Crippen molar-refractivity contribution >= 4 is 17.6 Å². The minimum Gasteiger partial charge on any atom is -0.449 e. The van der Waals surface area contributed by atoms with Crippen LogP contribution < -0.4 is 5.32 Å². The Morgan fingerprint density at radius 2 is 1.78 bits per heavy atom. The van der Waals surface area contributed by atoms with Crippen LogP contribution >= 0.6 is 0 Å². The van der Waals surface area contributed by atoms with Crippen molar-refractivity contribution in [1.29, 1.82) is 0 Å². The number of ether oxygens (including phenoxy) is 1. The van der Waals surface area contributed by atoms with E-state index in [1.807, 2.05) is 25.1 Å². The summed E-state index contributed by atoms with van der Waals surface area (Å²) >= 11 is 0. The second-order valence-electron chi connectivity index (χ2n) is 5.21. The summed E-state index contributed by atoms with van der Waals surface area (Å²) in [5.74, 6) is -0.971. The summed E-state index contributed by atoms with van der Waals surface area (Å²) in [7, 11) is 0. The Balaban J connectivity index is 1.97. The van der Waals surface area contributed by atoms with Crippen LogP contribution in [-0.2, 0) is 16.1 Å². The second-order valence-corrected chi connectivity index (χ2v) is 5.21. The summed E-state index contributed by atoms with van der Waals surface area (Å²) in [6.07, 6.45) is -0.917. The molecular formula is C18H19NO4. The third-order valence-electron chi connectivity index (χ3n) is 3.43. The SMILES string of the molecule is Cc1ccccc1NC(=O)C(C)OC(=O)c1ccc(CO)cc1. The highest BCUT2D eigenvalue weighted by Gasteiger charge is 2.19. The topological polar surface area (TPSA) is 75.6 Å². The third kappa shape index (κ3) is 4.40. The Kier molecular flexibility index (Phi) is 5.49. The van der Waals surface area contributed by atoms with E-state index in [9.17, 15) is 9.59 Å². The lowest BCUT2D eigenvalue weighted by Crippen LogP contribution is -2.30. The van der Waals surface area contributed by atoms with Gasteiger partial charge in [-0.15, -0.1) is 0 Å². The van der Waals surface area contributed by atoms with E-state index in [0.717, 1.165) is 5.56 Å². The second kappa shape index (κ2) is 7.56. The van der Waals surface area contributed by atoms with E-state index >= 15 is 0 Å². The van der Waals surface area contributed by atoms with Gasteiger partial charge in [-0.2, -0.15) is 0 Å². The number of hydrogen-bond donors (Lipinski definition) is 2. The summed E-state index contributed by atoms with van der Waals surface area (Å²) in [5.41, 5.74) is 2.65. The maximum absolute atomic E-state index is 12.1. The zero-order valence-corrected chi connectivity index (χ0v) is 13.1. The van der Waals surface area contributed by atoms with Gasteiger partial charge in [-0.1, -0.05) is 30.3 Å². The number of hydrogen-bond acceptors (Lipinski definition) is 4. The van der Waals surface area contributed by atoms with Gasteiger partial charge in [0, 0.05) is 5.69 Å². The standard InChI is InChI=1S/C18H19NO4/c1-12-5-3-4-6-16(12)19-17(21)13(2)23-18(22)15-9-7-14(11-20)8-10-15/h3-10,13,20H,11H2,1-2H3,(H,19,21). The smallest absolute Gasteiger partial charge is 0.338 e. The van der Waals surface area contributed by atoms with Crippen LogP contribution in [0.4, 0.5) is 5.69 Å². The fraction of sp³-hybridized carbons (Fsp3) is 0.222. The van der Waals surface area contributed by atoms with Crippen LogP contribution in [0.2, 0.25) is 0 Å². The quantitative estimate of drug-likeness (QED) is 0.832. The fourth-order valence-corrected chi connectivity index (χ4v) is 1.98. The molecule has 1 atom stereocenters. The van der Waals surface area contributed by atoms with Crippen LogP contribution in [0.5, 0.6) is 0 Å². The first-order valence-corrected chi connectivity index (χ1v) is 7.28. The number of esters is 1. The molecule has 2 aromatic rings. The zero-order valence-electron chi connectivity index (χ0n) is 13.1. The van der Waals surface area contributed by atoms with E-state index in [-0.39, 0.29) is 12.5 Å². The molecule has 0 saturated carbocycles. The molecule has 0 aliphatic carbocycles. The molecule has 0 heterocycles. The molecule has 0 spiro atoms. The Morgan fingerprint density at radius 3 is 2.39 bits per heavy atom. The third-order valence-corrected chi connectivity index (χ3v) is 3.43. The van der Waals surface area contributed by atoms with Crippen molar-refractivity contribution in [1.82, 2.24) is 0 Å². The van der Waals surface area contributed by atoms with Crippen LogP contribution in [0.3, 0.4) is 0 Å². The van der Waals surface area contributed by atoms with Crippen molar-refractivity contribution in [2.24, 2.45) is 0 Å². The summed E-state index contributed by atoms with van der Waals surface area (Å²) in [6, 6.07) is 13.7. The number of benzene rings is 2. The molecule has 2 aromatic carbocycles. The van der Waals surface area contributed by atoms with Gasteiger partial charge < -0.3 is 15.2 Å². The number of carbonyl (C=O) groups excluding carboxylic acids is 2. The highest BCUT2D eigenvalue weighted by molar-refractivity contribution is 5.97. The van der Waals surface area contributed by atoms with Gasteiger partial charge >= 0.3 is 5.97 Å². The highest BCUT2D eigenvalue weighted by atomic mass is 16.5. The minimum atomic E-state index is -0.917. The number of carbonyl (C=O) groups is 2. The number of rotatable bonds is 5. The first-order chi connectivity index (χ1) is 11.0. The van der Waals surface area contributed by atoms with Crippen molar-refractivity contribution in [2.75, 3.05) is 5.32 Å². The molecule has 1 amide bonds. The molecule has 0 radical (unpaired) electrons. The molecule has 0 aliphatic heterocycles. The Bertz CT molecular complexity index is 694. The van der Waals surface area contributed by atoms with Gasteiger partial charge in [0.25, 0.3) is 5.91 Å². The molecule has 2 rings (SSSR count). The van der Waals surface area contributed by atoms with Gasteiger partial charge in [0.1, 0.15) is 0 Å². The molecule has 5 heteroatoms. The van der Waals surface area contributed by atoms with Crippen molar-refractivity contribution in [3.05, 3.63) is 65.2 Å². The molecule has 2 N–H and O–H groups in total. The minimum absolute atomic E-state index is 0.0927. The zero-order chi connectivity index (χ0) is 16.8. The molecule has 0 fully saturated rings. The first kappa shape index (κ1) is 16.7. The van der Waals surface area contributed by atoms with Crippen molar-refractivity contribution in [3.8, 4) is 0 Å². The number of amides is 1. The van der Waals surface area contributed by atoms with E-state index in [2.05, 4.69) is 5.32 Å². The highest BCUT2D eigenvalue weighted by Crippen LogP contribution is 2.14. The summed E-state index contributed by atoms with van der Waals surface area (Å²) in [6.45, 7) is 3.31. The van der Waals surface area contributed by atoms with Gasteiger partial charge in [-0.05, 0) is 43.2 Å². The molecular weight excluding hydrogens is 294 g/mol. The number of para-hydroxylation sites is 1. The summed E-state index contributed by atoms with van der Waals surface area (Å²) in [5, 5.41) is 11.7. The van der Waals surface area contributed by atoms with Crippen LogP contribution in [0.15, 0.2) is 48.5 Å². The summed E-state index contributed by atoms with van der Waals surface area (Å²) < 4.78 is 5.17. The first-order valence-electron chi connectivity index (χ1n) is 7.28. The number of aliphatic hydroxyl groups is 1. The average Bonchev–Trinajstić information content (AvgIpc) is 2.56. The molecule has 0 aromatic heterocycles. The normalized spacial score (nSPS) is 11.6. The largest absolute Gasteiger partial charge is 0.449 e. The van der Waals surface area contributed by atoms with Crippen LogP contribution in [0.25, 0.3) is 0 Å². The van der Waals surface area contributed by atoms with E-state index in [1.165, 1.54) is 6.92 Å². The summed E-state index contributed by atoms with van der Waals surface area (Å²) in [4.78, 5) is 24.1. The molecule has 0 aliphatic rings. The molecule has 0 bridgehead atoms. The predicted molar refractivity (Wildman–Crippen MR) is 87.1 cm³/mol. The molecule has 5 nitrogen and oxygen atoms in total. The molecule has 23 heavy (non-hydrogen) atoms. The number of aliphatic hydroxyl groups excluding tert-OH is 1. The van der Waals surface area contributed by atoms with Crippen molar-refractivity contribution < 1.29 is 19.4 Å². The van der Waals surface area contributed by atoms with Gasteiger partial charge in [0.05, 0.1) is 12.2 Å². The van der Waals surface area contributed by atoms with Crippen LogP contribution in [-0.4, -0.2) is 23.1 Å². The number of anilines is 1. The predicted octanol–water partition coefficient (Wildman–Crippen LogP) is 2.67. The van der Waals surface area contributed by atoms with E-state index in [0.29, 0.717) is 16.8 Å². The van der Waals surface area contributed by atoms with Gasteiger partial charge in [-0.25, -0.2) is 4.79 Å².